The Morgan fingerprint density at radius 1 is 1.13 bits per heavy atom. The van der Waals surface area contributed by atoms with Crippen molar-refractivity contribution in [2.75, 3.05) is 41.0 Å². The van der Waals surface area contributed by atoms with Crippen molar-refractivity contribution in [1.82, 2.24) is 9.88 Å². The third kappa shape index (κ3) is 5.09. The maximum Gasteiger partial charge on any atom is 0.332 e. The van der Waals surface area contributed by atoms with E-state index in [1.54, 1.807) is 39.3 Å². The molecule has 3 amide bonds. The van der Waals surface area contributed by atoms with Gasteiger partial charge in [-0.3, -0.25) is 9.10 Å². The van der Waals surface area contributed by atoms with E-state index in [-0.39, 0.29) is 18.5 Å². The van der Waals surface area contributed by atoms with Crippen molar-refractivity contribution < 1.29 is 22.7 Å². The smallest absolute Gasteiger partial charge is 0.332 e. The van der Waals surface area contributed by atoms with Gasteiger partial charge in [-0.25, -0.2) is 23.1 Å². The molecule has 2 aliphatic heterocycles. The maximum absolute atomic E-state index is 13.7. The van der Waals surface area contributed by atoms with Crippen LogP contribution in [0.5, 0.6) is 0 Å². The van der Waals surface area contributed by atoms with Gasteiger partial charge in [0.15, 0.2) is 0 Å². The zero-order valence-corrected chi connectivity index (χ0v) is 23.9. The summed E-state index contributed by atoms with van der Waals surface area (Å²) in [5, 5.41) is 3.34. The minimum Gasteiger partial charge on any atom is -0.385 e. The number of ether oxygens (including phenoxy) is 1. The van der Waals surface area contributed by atoms with E-state index in [1.165, 1.54) is 9.21 Å². The first-order chi connectivity index (χ1) is 17.7. The van der Waals surface area contributed by atoms with Crippen LogP contribution in [0.3, 0.4) is 0 Å². The van der Waals surface area contributed by atoms with Crippen molar-refractivity contribution in [3.8, 4) is 0 Å². The van der Waals surface area contributed by atoms with Crippen molar-refractivity contribution in [3.05, 3.63) is 47.7 Å². The van der Waals surface area contributed by atoms with Crippen LogP contribution >= 0.6 is 0 Å². The Hall–Kier alpha value is -3.18. The van der Waals surface area contributed by atoms with E-state index in [9.17, 15) is 18.0 Å². The van der Waals surface area contributed by atoms with Gasteiger partial charge in [-0.2, -0.15) is 0 Å². The summed E-state index contributed by atoms with van der Waals surface area (Å²) in [6.45, 7) is 10.6. The zero-order chi connectivity index (χ0) is 28.0. The molecule has 1 fully saturated rings. The summed E-state index contributed by atoms with van der Waals surface area (Å²) in [6.07, 6.45) is 3.66. The number of aromatic nitrogens is 1. The molecule has 1 saturated heterocycles. The second-order valence-electron chi connectivity index (χ2n) is 11.3. The van der Waals surface area contributed by atoms with Crippen LogP contribution in [-0.4, -0.2) is 68.3 Å². The highest BCUT2D eigenvalue weighted by Crippen LogP contribution is 2.44. The van der Waals surface area contributed by atoms with Crippen molar-refractivity contribution in [2.45, 2.75) is 64.6 Å². The van der Waals surface area contributed by atoms with E-state index in [2.05, 4.69) is 10.3 Å². The highest BCUT2D eigenvalue weighted by Gasteiger charge is 2.52. The Balaban J connectivity index is 1.62. The number of carbonyl (C=O) groups is 2. The Kier molecular flexibility index (Phi) is 7.22. The van der Waals surface area contributed by atoms with Gasteiger partial charge in [0.2, 0.25) is 10.0 Å². The topological polar surface area (TPSA) is 112 Å². The summed E-state index contributed by atoms with van der Waals surface area (Å²) < 4.78 is 31.5. The van der Waals surface area contributed by atoms with Gasteiger partial charge in [0, 0.05) is 44.5 Å². The van der Waals surface area contributed by atoms with E-state index in [0.717, 1.165) is 28.7 Å². The van der Waals surface area contributed by atoms with Crippen molar-refractivity contribution >= 4 is 39.2 Å². The third-order valence-electron chi connectivity index (χ3n) is 7.31. The molecule has 0 aliphatic carbocycles. The van der Waals surface area contributed by atoms with Crippen molar-refractivity contribution in [1.29, 1.82) is 0 Å². The number of nitrogens with zero attached hydrogens (tertiary/aromatic N) is 4. The van der Waals surface area contributed by atoms with Crippen LogP contribution in [-0.2, 0) is 31.5 Å². The highest BCUT2D eigenvalue weighted by molar-refractivity contribution is 7.92. The molecule has 4 rings (SSSR count). The number of anilines is 3. The molecule has 0 radical (unpaired) electrons. The number of urea groups is 1. The molecule has 2 aliphatic rings. The van der Waals surface area contributed by atoms with Gasteiger partial charge in [0.1, 0.15) is 11.4 Å². The number of hydrogen-bond donors (Lipinski definition) is 1. The summed E-state index contributed by atoms with van der Waals surface area (Å²) in [6, 6.07) is 8.56. The quantitative estimate of drug-likeness (QED) is 0.480. The van der Waals surface area contributed by atoms with Gasteiger partial charge >= 0.3 is 6.03 Å². The Labute approximate surface area is 225 Å². The predicted molar refractivity (Wildman–Crippen MR) is 148 cm³/mol. The highest BCUT2D eigenvalue weighted by atomic mass is 32.2. The largest absolute Gasteiger partial charge is 0.385 e. The molecule has 2 aromatic rings. The lowest BCUT2D eigenvalue weighted by Crippen LogP contribution is -2.43. The first-order valence-electron chi connectivity index (χ1n) is 12.7. The molecule has 0 unspecified atom stereocenters. The molecule has 10 nitrogen and oxygen atoms in total. The molecule has 0 bridgehead atoms. The predicted octanol–water partition coefficient (Wildman–Crippen LogP) is 3.72. The lowest BCUT2D eigenvalue weighted by Gasteiger charge is -2.28. The molecule has 38 heavy (non-hydrogen) atoms. The fourth-order valence-corrected chi connectivity index (χ4v) is 6.11. The number of amides is 3. The summed E-state index contributed by atoms with van der Waals surface area (Å²) in [5.41, 5.74) is 1.04. The minimum atomic E-state index is -3.53. The Morgan fingerprint density at radius 3 is 2.50 bits per heavy atom. The number of pyridine rings is 1. The number of nitrogens with one attached hydrogen (secondary N) is 1. The van der Waals surface area contributed by atoms with E-state index in [0.29, 0.717) is 30.3 Å². The number of fused-ring (bicyclic) bond motifs is 1. The van der Waals surface area contributed by atoms with Crippen LogP contribution in [0.4, 0.5) is 22.0 Å². The summed E-state index contributed by atoms with van der Waals surface area (Å²) >= 11 is 0. The van der Waals surface area contributed by atoms with Gasteiger partial charge in [0.25, 0.3) is 5.91 Å². The van der Waals surface area contributed by atoms with Crippen LogP contribution in [0.25, 0.3) is 0 Å². The number of hydrogen-bond acceptors (Lipinski definition) is 7. The van der Waals surface area contributed by atoms with Crippen molar-refractivity contribution in [3.63, 3.8) is 0 Å². The molecule has 11 heteroatoms. The summed E-state index contributed by atoms with van der Waals surface area (Å²) in [7, 11) is -1.87. The molecule has 1 aromatic carbocycles. The number of rotatable bonds is 9. The normalized spacial score (nSPS) is 19.2. The standard InChI is InChI=1S/C27H37N5O5S/c1-18(11-13-37-6)29-23-14-19(10-12-28-23)16-30-25(34)32(24(33)27(30,4)5)20-8-9-21-22(15-20)31(38(7,35)36)17-26(21,2)3/h8-10,12,14-15,18H,11,13,16-17H2,1-7H3,(H,28,29)/t18-/m0/s1. The minimum absolute atomic E-state index is 0.149. The fourth-order valence-electron chi connectivity index (χ4n) is 5.05. The average Bonchev–Trinajstić information content (AvgIpc) is 3.20. The first kappa shape index (κ1) is 27.8. The first-order valence-corrected chi connectivity index (χ1v) is 14.5. The molecule has 3 heterocycles. The average molecular weight is 544 g/mol. The number of imide groups is 1. The molecule has 0 saturated carbocycles. The number of methoxy groups -OCH3 is 1. The maximum atomic E-state index is 13.7. The molecule has 206 valence electrons. The zero-order valence-electron chi connectivity index (χ0n) is 23.1. The Bertz CT molecular complexity index is 1360. The lowest BCUT2D eigenvalue weighted by molar-refractivity contribution is -0.123. The second-order valence-corrected chi connectivity index (χ2v) is 13.2. The van der Waals surface area contributed by atoms with Crippen LogP contribution in [0.2, 0.25) is 0 Å². The lowest BCUT2D eigenvalue weighted by atomic mass is 9.87. The van der Waals surface area contributed by atoms with Crippen LogP contribution in [0.1, 0.15) is 52.2 Å². The summed E-state index contributed by atoms with van der Waals surface area (Å²) in [4.78, 5) is 34.3. The molecule has 1 aromatic heterocycles. The van der Waals surface area contributed by atoms with E-state index < -0.39 is 27.0 Å². The van der Waals surface area contributed by atoms with Crippen LogP contribution in [0, 0.1) is 0 Å². The van der Waals surface area contributed by atoms with E-state index in [4.69, 9.17) is 4.74 Å². The van der Waals surface area contributed by atoms with Gasteiger partial charge < -0.3 is 15.0 Å². The number of sulfonamides is 1. The number of benzene rings is 1. The van der Waals surface area contributed by atoms with Gasteiger partial charge in [-0.05, 0) is 62.6 Å². The van der Waals surface area contributed by atoms with Gasteiger partial charge in [-0.1, -0.05) is 19.9 Å². The van der Waals surface area contributed by atoms with Crippen LogP contribution < -0.4 is 14.5 Å². The second kappa shape index (κ2) is 9.85. The molecule has 0 spiro atoms. The fraction of sp³-hybridized carbons (Fsp3) is 0.519. The Morgan fingerprint density at radius 2 is 1.84 bits per heavy atom. The SMILES string of the molecule is COCC[C@H](C)Nc1cc(CN2C(=O)N(c3ccc4c(c3)N(S(C)(=O)=O)CC4(C)C)C(=O)C2(C)C)ccn1. The van der Waals surface area contributed by atoms with Gasteiger partial charge in [0.05, 0.1) is 17.6 Å². The monoisotopic (exact) mass is 543 g/mol. The van der Waals surface area contributed by atoms with E-state index >= 15 is 0 Å². The van der Waals surface area contributed by atoms with E-state index in [1.807, 2.05) is 39.0 Å². The third-order valence-corrected chi connectivity index (χ3v) is 8.44. The number of carbonyl (C=O) groups excluding carboxylic acids is 2. The van der Waals surface area contributed by atoms with Crippen LogP contribution in [0.15, 0.2) is 36.5 Å². The molecule has 1 N–H and O–H groups in total. The molecular weight excluding hydrogens is 506 g/mol. The van der Waals surface area contributed by atoms with Gasteiger partial charge in [-0.15, -0.1) is 0 Å². The molecule has 1 atom stereocenters. The summed E-state index contributed by atoms with van der Waals surface area (Å²) in [5.74, 6) is 0.312. The molecular formula is C27H37N5O5S. The van der Waals surface area contributed by atoms with Crippen molar-refractivity contribution in [2.24, 2.45) is 0 Å².